The molecule has 2 aromatic rings. The van der Waals surface area contributed by atoms with Gasteiger partial charge in [-0.25, -0.2) is 0 Å². The SMILES string of the molecule is CCCCOc1ccc(NC(=O)CCCC(=O)N(C)c2ccccc2)cc1. The molecule has 5 heteroatoms. The molecule has 0 saturated carbocycles. The van der Waals surface area contributed by atoms with Crippen LogP contribution in [0.2, 0.25) is 0 Å². The molecule has 0 aromatic heterocycles. The molecule has 0 aliphatic heterocycles. The number of rotatable bonds is 10. The number of amides is 2. The third kappa shape index (κ3) is 7.13. The molecule has 0 radical (unpaired) electrons. The normalized spacial score (nSPS) is 10.3. The van der Waals surface area contributed by atoms with E-state index >= 15 is 0 Å². The Hall–Kier alpha value is -2.82. The first kappa shape index (κ1) is 20.5. The molecule has 144 valence electrons. The summed E-state index contributed by atoms with van der Waals surface area (Å²) in [6, 6.07) is 16.8. The van der Waals surface area contributed by atoms with Crippen molar-refractivity contribution in [3.05, 3.63) is 54.6 Å². The smallest absolute Gasteiger partial charge is 0.226 e. The van der Waals surface area contributed by atoms with Gasteiger partial charge in [-0.1, -0.05) is 31.5 Å². The van der Waals surface area contributed by atoms with Gasteiger partial charge in [0.15, 0.2) is 0 Å². The zero-order valence-electron chi connectivity index (χ0n) is 16.1. The van der Waals surface area contributed by atoms with Crippen molar-refractivity contribution in [3.8, 4) is 5.75 Å². The van der Waals surface area contributed by atoms with E-state index in [2.05, 4.69) is 12.2 Å². The van der Waals surface area contributed by atoms with Crippen molar-refractivity contribution in [1.82, 2.24) is 0 Å². The Morgan fingerprint density at radius 3 is 2.33 bits per heavy atom. The van der Waals surface area contributed by atoms with Gasteiger partial charge < -0.3 is 15.0 Å². The standard InChI is InChI=1S/C22H28N2O3/c1-3-4-17-27-20-15-13-18(14-16-20)23-21(25)11-8-12-22(26)24(2)19-9-6-5-7-10-19/h5-7,9-10,13-16H,3-4,8,11-12,17H2,1-2H3,(H,23,25). The molecule has 0 aliphatic carbocycles. The van der Waals surface area contributed by atoms with Gasteiger partial charge in [0.05, 0.1) is 6.61 Å². The van der Waals surface area contributed by atoms with Crippen LogP contribution in [-0.4, -0.2) is 25.5 Å². The predicted octanol–water partition coefficient (Wildman–Crippen LogP) is 4.64. The molecule has 0 heterocycles. The number of para-hydroxylation sites is 1. The lowest BCUT2D eigenvalue weighted by Crippen LogP contribution is -2.26. The molecule has 27 heavy (non-hydrogen) atoms. The lowest BCUT2D eigenvalue weighted by atomic mass is 10.2. The van der Waals surface area contributed by atoms with E-state index in [1.807, 2.05) is 54.6 Å². The summed E-state index contributed by atoms with van der Waals surface area (Å²) < 4.78 is 5.60. The highest BCUT2D eigenvalue weighted by Crippen LogP contribution is 2.17. The summed E-state index contributed by atoms with van der Waals surface area (Å²) >= 11 is 0. The van der Waals surface area contributed by atoms with Crippen LogP contribution in [-0.2, 0) is 9.59 Å². The molecular formula is C22H28N2O3. The molecule has 0 saturated heterocycles. The van der Waals surface area contributed by atoms with E-state index in [0.717, 1.165) is 30.0 Å². The lowest BCUT2D eigenvalue weighted by Gasteiger charge is -2.17. The van der Waals surface area contributed by atoms with Crippen LogP contribution in [0.15, 0.2) is 54.6 Å². The van der Waals surface area contributed by atoms with Gasteiger partial charge >= 0.3 is 0 Å². The summed E-state index contributed by atoms with van der Waals surface area (Å²) in [7, 11) is 1.75. The molecular weight excluding hydrogens is 340 g/mol. The minimum absolute atomic E-state index is 0.00239. The van der Waals surface area contributed by atoms with Gasteiger partial charge in [-0.3, -0.25) is 9.59 Å². The second kappa shape index (κ2) is 11.0. The largest absolute Gasteiger partial charge is 0.494 e. The van der Waals surface area contributed by atoms with E-state index in [4.69, 9.17) is 4.74 Å². The maximum absolute atomic E-state index is 12.2. The Balaban J connectivity index is 1.70. The zero-order chi connectivity index (χ0) is 19.5. The number of nitrogens with zero attached hydrogens (tertiary/aromatic N) is 1. The minimum Gasteiger partial charge on any atom is -0.494 e. The summed E-state index contributed by atoms with van der Waals surface area (Å²) in [5.74, 6) is 0.711. The maximum Gasteiger partial charge on any atom is 0.226 e. The molecule has 2 aromatic carbocycles. The lowest BCUT2D eigenvalue weighted by molar-refractivity contribution is -0.118. The summed E-state index contributed by atoms with van der Waals surface area (Å²) in [4.78, 5) is 25.9. The predicted molar refractivity (Wildman–Crippen MR) is 109 cm³/mol. The van der Waals surface area contributed by atoms with Gasteiger partial charge in [-0.05, 0) is 49.2 Å². The molecule has 2 rings (SSSR count). The van der Waals surface area contributed by atoms with Crippen LogP contribution >= 0.6 is 0 Å². The first-order chi connectivity index (χ1) is 13.1. The molecule has 5 nitrogen and oxygen atoms in total. The number of unbranched alkanes of at least 4 members (excludes halogenated alkanes) is 1. The van der Waals surface area contributed by atoms with Crippen molar-refractivity contribution in [1.29, 1.82) is 0 Å². The number of nitrogens with one attached hydrogen (secondary N) is 1. The van der Waals surface area contributed by atoms with E-state index in [1.165, 1.54) is 0 Å². The number of carbonyl (C=O) groups excluding carboxylic acids is 2. The highest BCUT2D eigenvalue weighted by Gasteiger charge is 2.11. The molecule has 0 atom stereocenters. The van der Waals surface area contributed by atoms with Crippen LogP contribution in [0.1, 0.15) is 39.0 Å². The fraction of sp³-hybridized carbons (Fsp3) is 0.364. The minimum atomic E-state index is -0.0928. The number of carbonyl (C=O) groups is 2. The van der Waals surface area contributed by atoms with Gasteiger partial charge in [0.2, 0.25) is 11.8 Å². The highest BCUT2D eigenvalue weighted by atomic mass is 16.5. The fourth-order valence-electron chi connectivity index (χ4n) is 2.56. The topological polar surface area (TPSA) is 58.6 Å². The van der Waals surface area contributed by atoms with Crippen LogP contribution in [0.3, 0.4) is 0 Å². The highest BCUT2D eigenvalue weighted by molar-refractivity contribution is 5.94. The van der Waals surface area contributed by atoms with Crippen molar-refractivity contribution < 1.29 is 14.3 Å². The van der Waals surface area contributed by atoms with Crippen LogP contribution in [0.25, 0.3) is 0 Å². The van der Waals surface area contributed by atoms with Crippen LogP contribution in [0.5, 0.6) is 5.75 Å². The average Bonchev–Trinajstić information content (AvgIpc) is 2.69. The number of hydrogen-bond acceptors (Lipinski definition) is 3. The van der Waals surface area contributed by atoms with Crippen LogP contribution in [0.4, 0.5) is 11.4 Å². The van der Waals surface area contributed by atoms with E-state index in [1.54, 1.807) is 11.9 Å². The number of ether oxygens (including phenoxy) is 1. The van der Waals surface area contributed by atoms with Crippen LogP contribution in [0, 0.1) is 0 Å². The molecule has 0 bridgehead atoms. The first-order valence-corrected chi connectivity index (χ1v) is 9.44. The second-order valence-electron chi connectivity index (χ2n) is 6.42. The number of benzene rings is 2. The molecule has 2 amide bonds. The first-order valence-electron chi connectivity index (χ1n) is 9.44. The van der Waals surface area contributed by atoms with Crippen molar-refractivity contribution in [2.24, 2.45) is 0 Å². The third-order valence-corrected chi connectivity index (χ3v) is 4.22. The molecule has 0 fully saturated rings. The monoisotopic (exact) mass is 368 g/mol. The van der Waals surface area contributed by atoms with E-state index in [-0.39, 0.29) is 11.8 Å². The molecule has 0 aliphatic rings. The van der Waals surface area contributed by atoms with Gasteiger partial charge in [0.25, 0.3) is 0 Å². The van der Waals surface area contributed by atoms with Crippen molar-refractivity contribution >= 4 is 23.2 Å². The Morgan fingerprint density at radius 2 is 1.67 bits per heavy atom. The summed E-state index contributed by atoms with van der Waals surface area (Å²) in [6.45, 7) is 2.82. The third-order valence-electron chi connectivity index (χ3n) is 4.22. The molecule has 0 spiro atoms. The van der Waals surface area contributed by atoms with Crippen molar-refractivity contribution in [3.63, 3.8) is 0 Å². The molecule has 1 N–H and O–H groups in total. The average molecular weight is 368 g/mol. The van der Waals surface area contributed by atoms with Crippen LogP contribution < -0.4 is 15.0 Å². The summed E-state index contributed by atoms with van der Waals surface area (Å²) in [6.07, 6.45) is 3.28. The number of hydrogen-bond donors (Lipinski definition) is 1. The summed E-state index contributed by atoms with van der Waals surface area (Å²) in [5.41, 5.74) is 1.59. The van der Waals surface area contributed by atoms with Crippen molar-refractivity contribution in [2.75, 3.05) is 23.9 Å². The maximum atomic E-state index is 12.2. The Kier molecular flexibility index (Phi) is 8.36. The molecule has 0 unspecified atom stereocenters. The van der Waals surface area contributed by atoms with Gasteiger partial charge in [0, 0.05) is 31.3 Å². The van der Waals surface area contributed by atoms with E-state index in [9.17, 15) is 9.59 Å². The van der Waals surface area contributed by atoms with Crippen molar-refractivity contribution in [2.45, 2.75) is 39.0 Å². The van der Waals surface area contributed by atoms with E-state index < -0.39 is 0 Å². The van der Waals surface area contributed by atoms with Gasteiger partial charge in [0.1, 0.15) is 5.75 Å². The Bertz CT molecular complexity index is 714. The quantitative estimate of drug-likeness (QED) is 0.622. The van der Waals surface area contributed by atoms with Gasteiger partial charge in [-0.15, -0.1) is 0 Å². The zero-order valence-corrected chi connectivity index (χ0v) is 16.1. The Morgan fingerprint density at radius 1 is 0.963 bits per heavy atom. The summed E-state index contributed by atoms with van der Waals surface area (Å²) in [5, 5.41) is 2.85. The van der Waals surface area contributed by atoms with E-state index in [0.29, 0.717) is 25.9 Å². The van der Waals surface area contributed by atoms with Gasteiger partial charge in [-0.2, -0.15) is 0 Å². The second-order valence-corrected chi connectivity index (χ2v) is 6.42. The fourth-order valence-corrected chi connectivity index (χ4v) is 2.56. The Labute approximate surface area is 161 Å². The number of anilines is 2.